The van der Waals surface area contributed by atoms with Crippen molar-refractivity contribution in [3.8, 4) is 16.6 Å². The van der Waals surface area contributed by atoms with Crippen molar-refractivity contribution in [1.29, 1.82) is 5.26 Å². The van der Waals surface area contributed by atoms with E-state index in [1.54, 1.807) is 17.3 Å². The molecule has 0 saturated carbocycles. The Kier molecular flexibility index (Phi) is 5.44. The molecule has 11 heteroatoms. The minimum absolute atomic E-state index is 0.00465. The molecule has 0 radical (unpaired) electrons. The zero-order valence-electron chi connectivity index (χ0n) is 16.3. The second kappa shape index (κ2) is 8.04. The van der Waals surface area contributed by atoms with Crippen LogP contribution in [-0.4, -0.2) is 59.6 Å². The normalized spacial score (nSPS) is 17.1. The summed E-state index contributed by atoms with van der Waals surface area (Å²) in [7, 11) is -3.35. The molecule has 1 atom stereocenters. The van der Waals surface area contributed by atoms with Gasteiger partial charge in [-0.2, -0.15) is 5.26 Å². The van der Waals surface area contributed by atoms with Gasteiger partial charge >= 0.3 is 0 Å². The number of carbonyl (C=O) groups excluding carboxylic acids is 1. The number of anilines is 1. The van der Waals surface area contributed by atoms with Crippen molar-refractivity contribution in [1.82, 2.24) is 19.9 Å². The molecule has 4 heterocycles. The Bertz CT molecular complexity index is 1240. The zero-order valence-corrected chi connectivity index (χ0v) is 17.9. The molecule has 0 aromatic carbocycles. The maximum atomic E-state index is 12.1. The van der Waals surface area contributed by atoms with E-state index in [4.69, 9.17) is 5.26 Å². The van der Waals surface area contributed by atoms with Gasteiger partial charge in [0.2, 0.25) is 5.91 Å². The molecule has 0 spiro atoms. The van der Waals surface area contributed by atoms with Crippen LogP contribution in [0.4, 0.5) is 5.69 Å². The number of piperidine rings is 1. The molecule has 4 rings (SSSR count). The third-order valence-corrected chi connectivity index (χ3v) is 7.84. The van der Waals surface area contributed by atoms with Gasteiger partial charge in [-0.05, 0) is 18.9 Å². The molecule has 30 heavy (non-hydrogen) atoms. The van der Waals surface area contributed by atoms with Gasteiger partial charge in [-0.1, -0.05) is 0 Å². The molecular weight excluding hydrogens is 424 g/mol. The summed E-state index contributed by atoms with van der Waals surface area (Å²) >= 11 is 1.10. The number of H-pyrrole nitrogens is 1. The first-order valence-electron chi connectivity index (χ1n) is 9.40. The topological polar surface area (TPSA) is 132 Å². The molecule has 2 N–H and O–H groups in total. The van der Waals surface area contributed by atoms with Crippen LogP contribution in [0.5, 0.6) is 0 Å². The second-order valence-corrected chi connectivity index (χ2v) is 10.5. The van der Waals surface area contributed by atoms with Gasteiger partial charge in [0.1, 0.15) is 21.3 Å². The van der Waals surface area contributed by atoms with Crippen molar-refractivity contribution in [2.75, 3.05) is 24.7 Å². The first-order chi connectivity index (χ1) is 14.4. The number of thiazole rings is 1. The van der Waals surface area contributed by atoms with E-state index in [1.165, 1.54) is 6.20 Å². The van der Waals surface area contributed by atoms with E-state index in [0.29, 0.717) is 29.3 Å². The average Bonchev–Trinajstić information content (AvgIpc) is 3.38. The summed E-state index contributed by atoms with van der Waals surface area (Å²) in [6.07, 6.45) is 7.57. The fraction of sp³-hybridized carbons (Fsp3) is 0.368. The predicted molar refractivity (Wildman–Crippen MR) is 114 cm³/mol. The van der Waals surface area contributed by atoms with Crippen LogP contribution in [0.1, 0.15) is 19.3 Å². The quantitative estimate of drug-likeness (QED) is 0.617. The van der Waals surface area contributed by atoms with Gasteiger partial charge in [0.05, 0.1) is 23.5 Å². The molecule has 3 aromatic rings. The smallest absolute Gasteiger partial charge is 0.236 e. The number of aromatic nitrogens is 3. The minimum atomic E-state index is -3.35. The highest BCUT2D eigenvalue weighted by molar-refractivity contribution is 7.92. The van der Waals surface area contributed by atoms with Crippen molar-refractivity contribution < 1.29 is 13.2 Å². The lowest BCUT2D eigenvalue weighted by molar-refractivity contribution is -0.131. The first-order valence-corrected chi connectivity index (χ1v) is 12.1. The van der Waals surface area contributed by atoms with Crippen LogP contribution in [0.2, 0.25) is 0 Å². The van der Waals surface area contributed by atoms with Crippen molar-refractivity contribution >= 4 is 43.8 Å². The Morgan fingerprint density at radius 1 is 1.43 bits per heavy atom. The van der Waals surface area contributed by atoms with Gasteiger partial charge in [-0.15, -0.1) is 11.3 Å². The highest BCUT2D eigenvalue weighted by Crippen LogP contribution is 2.37. The summed E-state index contributed by atoms with van der Waals surface area (Å²) in [6.45, 7) is 1.15. The van der Waals surface area contributed by atoms with Crippen LogP contribution in [0.25, 0.3) is 21.6 Å². The molecule has 0 bridgehead atoms. The Morgan fingerprint density at radius 3 is 3.00 bits per heavy atom. The largest absolute Gasteiger partial charge is 0.379 e. The van der Waals surface area contributed by atoms with Crippen LogP contribution in [0.3, 0.4) is 0 Å². The molecule has 3 aromatic heterocycles. The number of rotatable bonds is 5. The van der Waals surface area contributed by atoms with E-state index < -0.39 is 9.84 Å². The second-order valence-electron chi connectivity index (χ2n) is 7.20. The Morgan fingerprint density at radius 2 is 2.27 bits per heavy atom. The number of hydrogen-bond acceptors (Lipinski definition) is 8. The third kappa shape index (κ3) is 4.01. The molecule has 1 fully saturated rings. The first kappa shape index (κ1) is 20.3. The summed E-state index contributed by atoms with van der Waals surface area (Å²) in [5.74, 6) is -0.163. The number of likely N-dealkylation sites (tertiary alicyclic amines) is 1. The lowest BCUT2D eigenvalue weighted by Crippen LogP contribution is -2.45. The van der Waals surface area contributed by atoms with Gasteiger partial charge < -0.3 is 15.2 Å². The lowest BCUT2D eigenvalue weighted by Gasteiger charge is -2.33. The highest BCUT2D eigenvalue weighted by Gasteiger charge is 2.25. The van der Waals surface area contributed by atoms with E-state index in [2.05, 4.69) is 20.3 Å². The lowest BCUT2D eigenvalue weighted by atomic mass is 10.0. The fourth-order valence-electron chi connectivity index (χ4n) is 3.59. The number of sulfone groups is 1. The predicted octanol–water partition coefficient (Wildman–Crippen LogP) is 2.41. The summed E-state index contributed by atoms with van der Waals surface area (Å²) in [5, 5.41) is 13.8. The average molecular weight is 445 g/mol. The number of fused-ring (bicyclic) bond motifs is 1. The van der Waals surface area contributed by atoms with Gasteiger partial charge in [0.25, 0.3) is 0 Å². The molecule has 156 valence electrons. The van der Waals surface area contributed by atoms with Crippen LogP contribution in [0.15, 0.2) is 28.9 Å². The Labute approximate surface area is 177 Å². The number of nitrogens with zero attached hydrogens (tertiary/aromatic N) is 4. The molecule has 1 saturated heterocycles. The number of nitrogens with one attached hydrogen (secondary N) is 2. The molecule has 1 aliphatic heterocycles. The van der Waals surface area contributed by atoms with Gasteiger partial charge in [0.15, 0.2) is 9.84 Å². The van der Waals surface area contributed by atoms with E-state index in [-0.39, 0.29) is 22.6 Å². The molecule has 9 nitrogen and oxygen atoms in total. The molecule has 1 aliphatic rings. The number of amides is 1. The maximum Gasteiger partial charge on any atom is 0.236 e. The van der Waals surface area contributed by atoms with E-state index >= 15 is 0 Å². The van der Waals surface area contributed by atoms with Crippen molar-refractivity contribution in [2.24, 2.45) is 0 Å². The Balaban J connectivity index is 1.69. The maximum absolute atomic E-state index is 12.1. The molecule has 0 aliphatic carbocycles. The summed E-state index contributed by atoms with van der Waals surface area (Å²) < 4.78 is 24.0. The number of aromatic amines is 1. The monoisotopic (exact) mass is 444 g/mol. The Hall–Kier alpha value is -2.97. The minimum Gasteiger partial charge on any atom is -0.379 e. The van der Waals surface area contributed by atoms with Gasteiger partial charge in [0, 0.05) is 43.2 Å². The number of pyridine rings is 1. The van der Waals surface area contributed by atoms with Crippen LogP contribution in [-0.2, 0) is 14.6 Å². The van der Waals surface area contributed by atoms with Crippen LogP contribution >= 0.6 is 11.3 Å². The SMILES string of the molecule is CS(=O)(=O)c1cnc(-c2cnc3[nH]ccc3c2N[C@@H]2CCCN(C(=O)CC#N)C2)s1. The third-order valence-electron chi connectivity index (χ3n) is 5.02. The van der Waals surface area contributed by atoms with E-state index in [9.17, 15) is 13.2 Å². The number of carbonyl (C=O) groups is 1. The van der Waals surface area contributed by atoms with Gasteiger partial charge in [-0.25, -0.2) is 18.4 Å². The summed E-state index contributed by atoms with van der Waals surface area (Å²) in [6, 6.07) is 3.81. The molecule has 0 unspecified atom stereocenters. The van der Waals surface area contributed by atoms with Crippen LogP contribution < -0.4 is 5.32 Å². The zero-order chi connectivity index (χ0) is 21.3. The number of hydrogen-bond donors (Lipinski definition) is 2. The van der Waals surface area contributed by atoms with Crippen molar-refractivity contribution in [2.45, 2.75) is 29.5 Å². The fourth-order valence-corrected chi connectivity index (χ4v) is 5.34. The van der Waals surface area contributed by atoms with Crippen LogP contribution in [0, 0.1) is 11.3 Å². The van der Waals surface area contributed by atoms with Crippen molar-refractivity contribution in [3.63, 3.8) is 0 Å². The van der Waals surface area contributed by atoms with E-state index in [0.717, 1.165) is 41.5 Å². The molecular formula is C19H20N6O3S2. The summed E-state index contributed by atoms with van der Waals surface area (Å²) in [4.78, 5) is 25.7. The highest BCUT2D eigenvalue weighted by atomic mass is 32.2. The summed E-state index contributed by atoms with van der Waals surface area (Å²) in [5.41, 5.74) is 2.21. The van der Waals surface area contributed by atoms with Gasteiger partial charge in [-0.3, -0.25) is 4.79 Å². The van der Waals surface area contributed by atoms with Crippen molar-refractivity contribution in [3.05, 3.63) is 24.7 Å². The standard InChI is InChI=1S/C19H20N6O3S2/c1-30(27,28)16-10-23-19(29-16)14-9-22-18-13(5-7-21-18)17(14)24-12-3-2-8-25(11-12)15(26)4-6-20/h5,7,9-10,12H,2-4,8,11H2,1H3,(H2,21,22,24)/t12-/m1/s1. The molecule has 1 amide bonds. The number of nitriles is 1. The van der Waals surface area contributed by atoms with E-state index in [1.807, 2.05) is 12.1 Å².